The standard InChI is InChI=1S/C12H26.Gd/c1-3-5-7-9-11-12-10-8-6-4-2;/h3-12H2,1-2H3;. The number of rotatable bonds is 9. The largest absolute Gasteiger partial charge is 0.0654 e. The van der Waals surface area contributed by atoms with Crippen molar-refractivity contribution in [1.29, 1.82) is 0 Å². The van der Waals surface area contributed by atoms with Crippen molar-refractivity contribution in [3.8, 4) is 0 Å². The van der Waals surface area contributed by atoms with Crippen LogP contribution in [0.5, 0.6) is 0 Å². The van der Waals surface area contributed by atoms with Crippen molar-refractivity contribution in [3.63, 3.8) is 0 Å². The van der Waals surface area contributed by atoms with Crippen LogP contribution in [0, 0.1) is 39.9 Å². The molecule has 0 aliphatic heterocycles. The summed E-state index contributed by atoms with van der Waals surface area (Å²) in [5.41, 5.74) is 0. The minimum Gasteiger partial charge on any atom is -0.0654 e. The average Bonchev–Trinajstić information content (AvgIpc) is 2.10. The zero-order valence-corrected chi connectivity index (χ0v) is 11.7. The molecule has 0 nitrogen and oxygen atoms in total. The second kappa shape index (κ2) is 15.8. The Labute approximate surface area is 117 Å². The maximum Gasteiger partial charge on any atom is 0 e. The van der Waals surface area contributed by atoms with Crippen LogP contribution < -0.4 is 0 Å². The summed E-state index contributed by atoms with van der Waals surface area (Å²) < 4.78 is 0. The second-order valence-electron chi connectivity index (χ2n) is 3.83. The minimum atomic E-state index is 0. The van der Waals surface area contributed by atoms with Gasteiger partial charge in [-0.15, -0.1) is 0 Å². The Kier molecular flexibility index (Phi) is 20.3. The Morgan fingerprint density at radius 3 is 0.923 bits per heavy atom. The molecule has 0 aliphatic carbocycles. The summed E-state index contributed by atoms with van der Waals surface area (Å²) in [7, 11) is 0. The van der Waals surface area contributed by atoms with E-state index in [2.05, 4.69) is 13.8 Å². The Morgan fingerprint density at radius 2 is 0.692 bits per heavy atom. The summed E-state index contributed by atoms with van der Waals surface area (Å²) >= 11 is 0. The molecule has 0 rings (SSSR count). The van der Waals surface area contributed by atoms with Crippen LogP contribution in [0.1, 0.15) is 78.1 Å². The third kappa shape index (κ3) is 16.0. The van der Waals surface area contributed by atoms with Crippen molar-refractivity contribution in [2.24, 2.45) is 0 Å². The Morgan fingerprint density at radius 1 is 0.462 bits per heavy atom. The summed E-state index contributed by atoms with van der Waals surface area (Å²) in [6.45, 7) is 4.56. The Balaban J connectivity index is 0. The van der Waals surface area contributed by atoms with Gasteiger partial charge in [0.1, 0.15) is 0 Å². The van der Waals surface area contributed by atoms with Crippen LogP contribution in [0.3, 0.4) is 0 Å². The first-order valence-electron chi connectivity index (χ1n) is 5.91. The molecule has 0 aromatic heterocycles. The van der Waals surface area contributed by atoms with Crippen LogP contribution in [0.2, 0.25) is 0 Å². The summed E-state index contributed by atoms with van der Waals surface area (Å²) in [6, 6.07) is 0. The van der Waals surface area contributed by atoms with Gasteiger partial charge < -0.3 is 0 Å². The molecule has 0 heterocycles. The van der Waals surface area contributed by atoms with E-state index in [1.807, 2.05) is 0 Å². The van der Waals surface area contributed by atoms with Gasteiger partial charge in [0.15, 0.2) is 0 Å². The van der Waals surface area contributed by atoms with Gasteiger partial charge in [-0.2, -0.15) is 0 Å². The van der Waals surface area contributed by atoms with E-state index in [1.165, 1.54) is 64.2 Å². The molecular formula is C12H26Gd. The van der Waals surface area contributed by atoms with Gasteiger partial charge in [0.25, 0.3) is 0 Å². The van der Waals surface area contributed by atoms with Crippen LogP contribution in [0.25, 0.3) is 0 Å². The van der Waals surface area contributed by atoms with E-state index in [4.69, 9.17) is 0 Å². The molecule has 0 fully saturated rings. The molecule has 13 heavy (non-hydrogen) atoms. The fourth-order valence-electron chi connectivity index (χ4n) is 1.56. The number of unbranched alkanes of at least 4 members (excludes halogenated alkanes) is 9. The van der Waals surface area contributed by atoms with Crippen molar-refractivity contribution in [2.45, 2.75) is 78.1 Å². The first-order valence-corrected chi connectivity index (χ1v) is 5.91. The normalized spacial score (nSPS) is 9.69. The molecule has 0 N–H and O–H groups in total. The molecule has 0 saturated carbocycles. The zero-order valence-electron chi connectivity index (χ0n) is 9.42. The molecular weight excluding hydrogens is 301 g/mol. The SMILES string of the molecule is CCCCCCCCCCCC.[Gd]. The van der Waals surface area contributed by atoms with Gasteiger partial charge in [-0.05, 0) is 0 Å². The Bertz CT molecular complexity index is 61.5. The predicted molar refractivity (Wildman–Crippen MR) is 57.5 cm³/mol. The van der Waals surface area contributed by atoms with Gasteiger partial charge in [0.05, 0.1) is 0 Å². The van der Waals surface area contributed by atoms with Crippen LogP contribution >= 0.6 is 0 Å². The molecule has 82 valence electrons. The molecule has 0 radical (unpaired) electrons. The molecule has 0 amide bonds. The van der Waals surface area contributed by atoms with Crippen molar-refractivity contribution in [3.05, 3.63) is 0 Å². The molecule has 0 spiro atoms. The van der Waals surface area contributed by atoms with Gasteiger partial charge in [0.2, 0.25) is 0 Å². The van der Waals surface area contributed by atoms with Crippen LogP contribution in [0.15, 0.2) is 0 Å². The van der Waals surface area contributed by atoms with E-state index in [0.717, 1.165) is 0 Å². The van der Waals surface area contributed by atoms with E-state index in [9.17, 15) is 0 Å². The van der Waals surface area contributed by atoms with Crippen LogP contribution in [-0.2, 0) is 0 Å². The summed E-state index contributed by atoms with van der Waals surface area (Å²) in [4.78, 5) is 0. The van der Waals surface area contributed by atoms with Gasteiger partial charge in [0, 0.05) is 39.9 Å². The monoisotopic (exact) mass is 328 g/mol. The van der Waals surface area contributed by atoms with E-state index in [0.29, 0.717) is 0 Å². The fourth-order valence-corrected chi connectivity index (χ4v) is 1.56. The van der Waals surface area contributed by atoms with Crippen molar-refractivity contribution >= 4 is 0 Å². The van der Waals surface area contributed by atoms with Crippen molar-refractivity contribution < 1.29 is 39.9 Å². The minimum absolute atomic E-state index is 0. The average molecular weight is 328 g/mol. The third-order valence-electron chi connectivity index (χ3n) is 2.46. The third-order valence-corrected chi connectivity index (χ3v) is 2.46. The van der Waals surface area contributed by atoms with Gasteiger partial charge in [-0.1, -0.05) is 78.1 Å². The van der Waals surface area contributed by atoms with E-state index in [-0.39, 0.29) is 39.9 Å². The molecule has 0 aliphatic rings. The predicted octanol–water partition coefficient (Wildman–Crippen LogP) is 4.93. The van der Waals surface area contributed by atoms with Gasteiger partial charge >= 0.3 is 0 Å². The van der Waals surface area contributed by atoms with E-state index >= 15 is 0 Å². The zero-order chi connectivity index (χ0) is 9.07. The topological polar surface area (TPSA) is 0 Å². The molecule has 0 atom stereocenters. The molecule has 0 unspecified atom stereocenters. The molecule has 0 aromatic rings. The first kappa shape index (κ1) is 16.7. The van der Waals surface area contributed by atoms with Crippen LogP contribution in [-0.4, -0.2) is 0 Å². The Hall–Kier alpha value is 1.32. The second-order valence-corrected chi connectivity index (χ2v) is 3.83. The van der Waals surface area contributed by atoms with E-state index in [1.54, 1.807) is 0 Å². The van der Waals surface area contributed by atoms with E-state index < -0.39 is 0 Å². The molecule has 0 aromatic carbocycles. The first-order chi connectivity index (χ1) is 5.91. The number of hydrogen-bond acceptors (Lipinski definition) is 0. The van der Waals surface area contributed by atoms with Crippen molar-refractivity contribution in [1.82, 2.24) is 0 Å². The van der Waals surface area contributed by atoms with Gasteiger partial charge in [-0.3, -0.25) is 0 Å². The summed E-state index contributed by atoms with van der Waals surface area (Å²) in [5, 5.41) is 0. The quantitative estimate of drug-likeness (QED) is 0.527. The summed E-state index contributed by atoms with van der Waals surface area (Å²) in [6.07, 6.45) is 14.4. The maximum atomic E-state index is 2.28. The summed E-state index contributed by atoms with van der Waals surface area (Å²) in [5.74, 6) is 0. The van der Waals surface area contributed by atoms with Crippen LogP contribution in [0.4, 0.5) is 0 Å². The van der Waals surface area contributed by atoms with Crippen molar-refractivity contribution in [2.75, 3.05) is 0 Å². The fraction of sp³-hybridized carbons (Fsp3) is 1.00. The number of hydrogen-bond donors (Lipinski definition) is 0. The molecule has 1 heteroatoms. The maximum absolute atomic E-state index is 2.28. The van der Waals surface area contributed by atoms with Gasteiger partial charge in [-0.25, -0.2) is 0 Å². The molecule has 0 saturated heterocycles. The smallest absolute Gasteiger partial charge is 0 e. The molecule has 0 bridgehead atoms.